The maximum Gasteiger partial charge on any atom is 0.0501 e. The van der Waals surface area contributed by atoms with Crippen LogP contribution >= 0.6 is 0 Å². The van der Waals surface area contributed by atoms with Gasteiger partial charge in [-0.1, -0.05) is 26.0 Å². The third-order valence-electron chi connectivity index (χ3n) is 2.71. The molecule has 0 unspecified atom stereocenters. The monoisotopic (exact) mass is 140 g/mol. The molecule has 1 aliphatic rings. The van der Waals surface area contributed by atoms with Gasteiger partial charge in [0, 0.05) is 5.92 Å². The smallest absolute Gasteiger partial charge is 0.0501 e. The van der Waals surface area contributed by atoms with Gasteiger partial charge in [-0.25, -0.2) is 0 Å². The third-order valence-corrected chi connectivity index (χ3v) is 2.71. The second kappa shape index (κ2) is 2.39. The average Bonchev–Trinajstić information content (AvgIpc) is 2.07. The fourth-order valence-electron chi connectivity index (χ4n) is 1.76. The van der Waals surface area contributed by atoms with E-state index in [1.54, 1.807) is 0 Å². The van der Waals surface area contributed by atoms with Crippen molar-refractivity contribution >= 4 is 0 Å². The van der Waals surface area contributed by atoms with Crippen molar-refractivity contribution in [3.63, 3.8) is 0 Å². The van der Waals surface area contributed by atoms with Crippen molar-refractivity contribution in [1.29, 1.82) is 0 Å². The lowest BCUT2D eigenvalue weighted by Crippen LogP contribution is -2.21. The van der Waals surface area contributed by atoms with Gasteiger partial charge >= 0.3 is 0 Å². The lowest BCUT2D eigenvalue weighted by atomic mass is 9.81. The highest BCUT2D eigenvalue weighted by Gasteiger charge is 2.36. The SMILES string of the molecule is C=C1CCC(C)(C)[C@H]1CO. The summed E-state index contributed by atoms with van der Waals surface area (Å²) < 4.78 is 0. The maximum atomic E-state index is 9.01. The van der Waals surface area contributed by atoms with E-state index in [0.29, 0.717) is 5.92 Å². The van der Waals surface area contributed by atoms with E-state index in [2.05, 4.69) is 20.4 Å². The van der Waals surface area contributed by atoms with E-state index in [1.165, 1.54) is 12.0 Å². The summed E-state index contributed by atoms with van der Waals surface area (Å²) in [5.74, 6) is 0.340. The zero-order valence-electron chi connectivity index (χ0n) is 6.85. The Morgan fingerprint density at radius 2 is 2.30 bits per heavy atom. The molecule has 0 radical (unpaired) electrons. The molecule has 0 aliphatic heterocycles. The first kappa shape index (κ1) is 7.80. The van der Waals surface area contributed by atoms with Crippen LogP contribution in [0.4, 0.5) is 0 Å². The van der Waals surface area contributed by atoms with Crippen molar-refractivity contribution in [3.8, 4) is 0 Å². The quantitative estimate of drug-likeness (QED) is 0.552. The van der Waals surface area contributed by atoms with Crippen molar-refractivity contribution in [2.75, 3.05) is 6.61 Å². The third kappa shape index (κ3) is 1.10. The second-order valence-corrected chi connectivity index (χ2v) is 3.88. The molecule has 1 rings (SSSR count). The minimum atomic E-state index is 0.270. The number of hydrogen-bond acceptors (Lipinski definition) is 1. The molecule has 1 nitrogen and oxygen atoms in total. The van der Waals surface area contributed by atoms with E-state index in [1.807, 2.05) is 0 Å². The Morgan fingerprint density at radius 1 is 1.70 bits per heavy atom. The van der Waals surface area contributed by atoms with Crippen molar-refractivity contribution in [2.24, 2.45) is 11.3 Å². The molecule has 0 aromatic heterocycles. The Balaban J connectivity index is 2.73. The first-order chi connectivity index (χ1) is 4.58. The summed E-state index contributed by atoms with van der Waals surface area (Å²) in [4.78, 5) is 0. The summed E-state index contributed by atoms with van der Waals surface area (Å²) in [5.41, 5.74) is 1.51. The van der Waals surface area contributed by atoms with Crippen molar-refractivity contribution in [2.45, 2.75) is 26.7 Å². The van der Waals surface area contributed by atoms with E-state index in [-0.39, 0.29) is 12.0 Å². The van der Waals surface area contributed by atoms with E-state index in [0.717, 1.165) is 6.42 Å². The highest BCUT2D eigenvalue weighted by molar-refractivity contribution is 5.12. The van der Waals surface area contributed by atoms with Crippen LogP contribution in [0.15, 0.2) is 12.2 Å². The lowest BCUT2D eigenvalue weighted by Gasteiger charge is -2.25. The number of rotatable bonds is 1. The van der Waals surface area contributed by atoms with Crippen LogP contribution in [0.25, 0.3) is 0 Å². The minimum Gasteiger partial charge on any atom is -0.396 e. The molecule has 0 aromatic rings. The van der Waals surface area contributed by atoms with Gasteiger partial charge in [-0.05, 0) is 18.3 Å². The predicted molar refractivity (Wildman–Crippen MR) is 42.7 cm³/mol. The Morgan fingerprint density at radius 3 is 2.50 bits per heavy atom. The molecule has 1 saturated carbocycles. The molecule has 1 atom stereocenters. The average molecular weight is 140 g/mol. The Kier molecular flexibility index (Phi) is 1.86. The van der Waals surface area contributed by atoms with Crippen molar-refractivity contribution in [1.82, 2.24) is 0 Å². The van der Waals surface area contributed by atoms with Gasteiger partial charge in [-0.3, -0.25) is 0 Å². The Labute approximate surface area is 62.8 Å². The van der Waals surface area contributed by atoms with Crippen LogP contribution in [-0.4, -0.2) is 11.7 Å². The Hall–Kier alpha value is -0.300. The predicted octanol–water partition coefficient (Wildman–Crippen LogP) is 1.97. The van der Waals surface area contributed by atoms with Gasteiger partial charge in [-0.2, -0.15) is 0 Å². The zero-order valence-corrected chi connectivity index (χ0v) is 6.85. The first-order valence-electron chi connectivity index (χ1n) is 3.86. The fourth-order valence-corrected chi connectivity index (χ4v) is 1.76. The van der Waals surface area contributed by atoms with Gasteiger partial charge < -0.3 is 5.11 Å². The van der Waals surface area contributed by atoms with Crippen LogP contribution in [0.2, 0.25) is 0 Å². The maximum absolute atomic E-state index is 9.01. The normalized spacial score (nSPS) is 31.1. The molecule has 0 bridgehead atoms. The largest absolute Gasteiger partial charge is 0.396 e. The first-order valence-corrected chi connectivity index (χ1v) is 3.86. The molecular formula is C9H16O. The summed E-state index contributed by atoms with van der Waals surface area (Å²) in [6.45, 7) is 8.61. The standard InChI is InChI=1S/C9H16O/c1-7-4-5-9(2,3)8(7)6-10/h8,10H,1,4-6H2,2-3H3/t8-/m0/s1. The molecule has 58 valence electrons. The molecule has 1 heteroatoms. The highest BCUT2D eigenvalue weighted by atomic mass is 16.3. The van der Waals surface area contributed by atoms with E-state index < -0.39 is 0 Å². The minimum absolute atomic E-state index is 0.270. The summed E-state index contributed by atoms with van der Waals surface area (Å²) in [5, 5.41) is 9.01. The molecular weight excluding hydrogens is 124 g/mol. The topological polar surface area (TPSA) is 20.2 Å². The molecule has 10 heavy (non-hydrogen) atoms. The molecule has 0 amide bonds. The van der Waals surface area contributed by atoms with Crippen LogP contribution < -0.4 is 0 Å². The van der Waals surface area contributed by atoms with Gasteiger partial charge in [0.2, 0.25) is 0 Å². The van der Waals surface area contributed by atoms with Crippen molar-refractivity contribution in [3.05, 3.63) is 12.2 Å². The fraction of sp³-hybridized carbons (Fsp3) is 0.778. The van der Waals surface area contributed by atoms with Crippen LogP contribution in [0.3, 0.4) is 0 Å². The molecule has 1 aliphatic carbocycles. The van der Waals surface area contributed by atoms with Gasteiger partial charge in [0.05, 0.1) is 6.61 Å². The van der Waals surface area contributed by atoms with E-state index in [9.17, 15) is 0 Å². The van der Waals surface area contributed by atoms with Gasteiger partial charge in [-0.15, -0.1) is 0 Å². The van der Waals surface area contributed by atoms with Gasteiger partial charge in [0.15, 0.2) is 0 Å². The van der Waals surface area contributed by atoms with Crippen LogP contribution in [-0.2, 0) is 0 Å². The molecule has 0 heterocycles. The molecule has 1 fully saturated rings. The van der Waals surface area contributed by atoms with Gasteiger partial charge in [0.1, 0.15) is 0 Å². The molecule has 0 spiro atoms. The molecule has 0 saturated heterocycles. The van der Waals surface area contributed by atoms with Crippen molar-refractivity contribution < 1.29 is 5.11 Å². The summed E-state index contributed by atoms with van der Waals surface area (Å²) >= 11 is 0. The molecule has 1 N–H and O–H groups in total. The number of aliphatic hydroxyl groups is 1. The number of hydrogen-bond donors (Lipinski definition) is 1. The van der Waals surface area contributed by atoms with E-state index >= 15 is 0 Å². The summed E-state index contributed by atoms with van der Waals surface area (Å²) in [6, 6.07) is 0. The summed E-state index contributed by atoms with van der Waals surface area (Å²) in [7, 11) is 0. The van der Waals surface area contributed by atoms with Crippen LogP contribution in [0.1, 0.15) is 26.7 Å². The zero-order chi connectivity index (χ0) is 7.78. The summed E-state index contributed by atoms with van der Waals surface area (Å²) in [6.07, 6.45) is 2.27. The van der Waals surface area contributed by atoms with Crippen LogP contribution in [0, 0.1) is 11.3 Å². The molecule has 0 aromatic carbocycles. The van der Waals surface area contributed by atoms with E-state index in [4.69, 9.17) is 5.11 Å². The second-order valence-electron chi connectivity index (χ2n) is 3.88. The lowest BCUT2D eigenvalue weighted by molar-refractivity contribution is 0.165. The Bertz CT molecular complexity index is 147. The van der Waals surface area contributed by atoms with Gasteiger partial charge in [0.25, 0.3) is 0 Å². The van der Waals surface area contributed by atoms with Crippen LogP contribution in [0.5, 0.6) is 0 Å². The highest BCUT2D eigenvalue weighted by Crippen LogP contribution is 2.44. The number of aliphatic hydroxyl groups excluding tert-OH is 1.